The van der Waals surface area contributed by atoms with Gasteiger partial charge in [-0.15, -0.1) is 0 Å². The number of rotatable bonds is 3. The summed E-state index contributed by atoms with van der Waals surface area (Å²) in [6.07, 6.45) is 9.30. The molecule has 3 aliphatic rings. The van der Waals surface area contributed by atoms with E-state index in [0.717, 1.165) is 32.4 Å². The molecule has 1 N–H and O–H groups in total. The van der Waals surface area contributed by atoms with Crippen LogP contribution in [0.5, 0.6) is 0 Å². The smallest absolute Gasteiger partial charge is 0.339 e. The summed E-state index contributed by atoms with van der Waals surface area (Å²) < 4.78 is 1.83. The first-order valence-electron chi connectivity index (χ1n) is 9.08. The number of carboxylic acid groups (broad SMARTS) is 1. The average Bonchev–Trinajstić information content (AvgIpc) is 2.89. The summed E-state index contributed by atoms with van der Waals surface area (Å²) in [5.41, 5.74) is 1.34. The van der Waals surface area contributed by atoms with Crippen LogP contribution in [0.25, 0.3) is 0 Å². The van der Waals surface area contributed by atoms with E-state index >= 15 is 0 Å². The SMILES string of the molecule is Cc1c(C(=O)O)cnn1C1CCN(C(=O)C2CC23CCCC3)CC1. The van der Waals surface area contributed by atoms with Crippen LogP contribution in [0.4, 0.5) is 0 Å². The molecule has 0 radical (unpaired) electrons. The molecule has 1 amide bonds. The van der Waals surface area contributed by atoms with E-state index in [1.54, 1.807) is 0 Å². The quantitative estimate of drug-likeness (QED) is 0.924. The predicted molar refractivity (Wildman–Crippen MR) is 87.8 cm³/mol. The van der Waals surface area contributed by atoms with Gasteiger partial charge in [-0.2, -0.15) is 5.10 Å². The lowest BCUT2D eigenvalue weighted by Gasteiger charge is -2.33. The number of likely N-dealkylation sites (tertiary alicyclic amines) is 1. The first-order valence-corrected chi connectivity index (χ1v) is 9.08. The summed E-state index contributed by atoms with van der Waals surface area (Å²) >= 11 is 0. The van der Waals surface area contributed by atoms with Crippen molar-refractivity contribution in [2.45, 2.75) is 57.9 Å². The van der Waals surface area contributed by atoms with Crippen molar-refractivity contribution < 1.29 is 14.7 Å². The van der Waals surface area contributed by atoms with Gasteiger partial charge in [-0.1, -0.05) is 12.8 Å². The van der Waals surface area contributed by atoms with Gasteiger partial charge >= 0.3 is 5.97 Å². The largest absolute Gasteiger partial charge is 0.478 e. The topological polar surface area (TPSA) is 75.4 Å². The lowest BCUT2D eigenvalue weighted by Crippen LogP contribution is -2.41. The van der Waals surface area contributed by atoms with Gasteiger partial charge in [-0.3, -0.25) is 9.48 Å². The van der Waals surface area contributed by atoms with Crippen LogP contribution in [0.2, 0.25) is 0 Å². The molecule has 4 rings (SSSR count). The van der Waals surface area contributed by atoms with Crippen molar-refractivity contribution in [1.29, 1.82) is 0 Å². The number of carboxylic acids is 1. The highest BCUT2D eigenvalue weighted by molar-refractivity contribution is 5.88. The molecule has 1 aliphatic heterocycles. The summed E-state index contributed by atoms with van der Waals surface area (Å²) in [5.74, 6) is -0.290. The highest BCUT2D eigenvalue weighted by atomic mass is 16.4. The standard InChI is InChI=1S/C18H25N3O3/c1-12-14(17(23)24)11-19-21(12)13-4-8-20(9-5-13)16(22)15-10-18(15)6-2-3-7-18/h11,13,15H,2-10H2,1H3,(H,23,24). The monoisotopic (exact) mass is 331 g/mol. The molecule has 1 aromatic heterocycles. The zero-order valence-corrected chi connectivity index (χ0v) is 14.2. The van der Waals surface area contributed by atoms with Gasteiger partial charge in [0.2, 0.25) is 5.91 Å². The molecule has 3 fully saturated rings. The van der Waals surface area contributed by atoms with Gasteiger partial charge < -0.3 is 10.0 Å². The van der Waals surface area contributed by atoms with Crippen LogP contribution in [0.1, 0.15) is 67.0 Å². The number of aromatic carboxylic acids is 1. The normalized spacial score (nSPS) is 26.0. The summed E-state index contributed by atoms with van der Waals surface area (Å²) in [4.78, 5) is 25.9. The molecule has 6 heteroatoms. The lowest BCUT2D eigenvalue weighted by molar-refractivity contribution is -0.134. The molecule has 0 aromatic carbocycles. The van der Waals surface area contributed by atoms with Gasteiger partial charge in [0, 0.05) is 19.0 Å². The van der Waals surface area contributed by atoms with Crippen molar-refractivity contribution >= 4 is 11.9 Å². The van der Waals surface area contributed by atoms with Crippen molar-refractivity contribution in [3.8, 4) is 0 Å². The molecule has 2 aliphatic carbocycles. The first kappa shape index (κ1) is 15.7. The van der Waals surface area contributed by atoms with E-state index in [4.69, 9.17) is 5.11 Å². The van der Waals surface area contributed by atoms with Crippen LogP contribution in [-0.4, -0.2) is 44.8 Å². The van der Waals surface area contributed by atoms with Crippen LogP contribution in [0, 0.1) is 18.3 Å². The van der Waals surface area contributed by atoms with Gasteiger partial charge in [0.25, 0.3) is 0 Å². The minimum atomic E-state index is -0.929. The molecule has 130 valence electrons. The molecule has 24 heavy (non-hydrogen) atoms. The zero-order valence-electron chi connectivity index (χ0n) is 14.2. The van der Waals surface area contributed by atoms with E-state index in [2.05, 4.69) is 5.10 Å². The Balaban J connectivity index is 1.37. The Labute approximate surface area is 141 Å². The Kier molecular flexibility index (Phi) is 3.66. The fraction of sp³-hybridized carbons (Fsp3) is 0.722. The van der Waals surface area contributed by atoms with Crippen molar-refractivity contribution in [3.05, 3.63) is 17.5 Å². The van der Waals surface area contributed by atoms with Gasteiger partial charge in [0.05, 0.1) is 17.9 Å². The summed E-state index contributed by atoms with van der Waals surface area (Å²) in [7, 11) is 0. The van der Waals surface area contributed by atoms with E-state index in [1.165, 1.54) is 31.9 Å². The van der Waals surface area contributed by atoms with Crippen molar-refractivity contribution in [3.63, 3.8) is 0 Å². The van der Waals surface area contributed by atoms with Gasteiger partial charge in [0.1, 0.15) is 5.56 Å². The second kappa shape index (κ2) is 5.60. The minimum absolute atomic E-state index is 0.196. The lowest BCUT2D eigenvalue weighted by atomic mass is 9.99. The molecule has 1 atom stereocenters. The van der Waals surface area contributed by atoms with Crippen LogP contribution < -0.4 is 0 Å². The minimum Gasteiger partial charge on any atom is -0.478 e. The molecule has 2 saturated carbocycles. The highest BCUT2D eigenvalue weighted by Gasteiger charge is 2.59. The maximum atomic E-state index is 12.8. The number of aromatic nitrogens is 2. The third kappa shape index (κ3) is 2.43. The average molecular weight is 331 g/mol. The highest BCUT2D eigenvalue weighted by Crippen LogP contribution is 2.63. The van der Waals surface area contributed by atoms with Crippen molar-refractivity contribution in [1.82, 2.24) is 14.7 Å². The van der Waals surface area contributed by atoms with Crippen molar-refractivity contribution in [2.75, 3.05) is 13.1 Å². The maximum Gasteiger partial charge on any atom is 0.339 e. The van der Waals surface area contributed by atoms with E-state index in [-0.39, 0.29) is 17.5 Å². The number of nitrogens with zero attached hydrogens (tertiary/aromatic N) is 3. The predicted octanol–water partition coefficient (Wildman–Crippen LogP) is 2.63. The van der Waals surface area contributed by atoms with Crippen LogP contribution in [-0.2, 0) is 4.79 Å². The number of piperidine rings is 1. The molecule has 0 bridgehead atoms. The van der Waals surface area contributed by atoms with Crippen molar-refractivity contribution in [2.24, 2.45) is 11.3 Å². The van der Waals surface area contributed by atoms with Gasteiger partial charge in [0.15, 0.2) is 0 Å². The Morgan fingerprint density at radius 2 is 1.92 bits per heavy atom. The third-order valence-corrected chi connectivity index (χ3v) is 6.48. The molecule has 1 saturated heterocycles. The zero-order chi connectivity index (χ0) is 16.9. The number of amides is 1. The van der Waals surface area contributed by atoms with E-state index in [9.17, 15) is 9.59 Å². The Morgan fingerprint density at radius 1 is 1.25 bits per heavy atom. The first-order chi connectivity index (χ1) is 11.5. The number of hydrogen-bond donors (Lipinski definition) is 1. The maximum absolute atomic E-state index is 12.8. The van der Waals surface area contributed by atoms with E-state index < -0.39 is 5.97 Å². The molecular weight excluding hydrogens is 306 g/mol. The van der Waals surface area contributed by atoms with Gasteiger partial charge in [-0.05, 0) is 44.4 Å². The Morgan fingerprint density at radius 3 is 2.50 bits per heavy atom. The summed E-state index contributed by atoms with van der Waals surface area (Å²) in [6.45, 7) is 3.33. The van der Waals surface area contributed by atoms with E-state index in [1.807, 2.05) is 16.5 Å². The summed E-state index contributed by atoms with van der Waals surface area (Å²) in [5, 5.41) is 13.4. The number of hydrogen-bond acceptors (Lipinski definition) is 3. The summed E-state index contributed by atoms with van der Waals surface area (Å²) in [6, 6.07) is 0.196. The molecule has 6 nitrogen and oxygen atoms in total. The number of carbonyl (C=O) groups excluding carboxylic acids is 1. The number of carbonyl (C=O) groups is 2. The van der Waals surface area contributed by atoms with Crippen LogP contribution in [0.15, 0.2) is 6.20 Å². The second-order valence-corrected chi connectivity index (χ2v) is 7.78. The Bertz CT molecular complexity index is 667. The van der Waals surface area contributed by atoms with Crippen LogP contribution >= 0.6 is 0 Å². The molecular formula is C18H25N3O3. The Hall–Kier alpha value is -1.85. The molecule has 2 heterocycles. The molecule has 1 unspecified atom stereocenters. The second-order valence-electron chi connectivity index (χ2n) is 7.78. The fourth-order valence-corrected chi connectivity index (χ4v) is 4.88. The third-order valence-electron chi connectivity index (χ3n) is 6.48. The fourth-order valence-electron chi connectivity index (χ4n) is 4.88. The van der Waals surface area contributed by atoms with E-state index in [0.29, 0.717) is 17.0 Å². The van der Waals surface area contributed by atoms with Crippen LogP contribution in [0.3, 0.4) is 0 Å². The molecule has 1 aromatic rings. The molecule has 1 spiro atoms. The van der Waals surface area contributed by atoms with Gasteiger partial charge in [-0.25, -0.2) is 4.79 Å².